The molecule has 25 heavy (non-hydrogen) atoms. The molecule has 2 aromatic rings. The fourth-order valence-corrected chi connectivity index (χ4v) is 5.25. The molecule has 1 fully saturated rings. The molecule has 0 bridgehead atoms. The van der Waals surface area contributed by atoms with Gasteiger partial charge in [-0.3, -0.25) is 10.1 Å². The minimum atomic E-state index is -3.54. The highest BCUT2D eigenvalue weighted by molar-refractivity contribution is 7.89. The molecule has 0 radical (unpaired) electrons. The Morgan fingerprint density at radius 1 is 1.20 bits per heavy atom. The lowest BCUT2D eigenvalue weighted by molar-refractivity contribution is 0.102. The zero-order chi connectivity index (χ0) is 18.0. The summed E-state index contributed by atoms with van der Waals surface area (Å²) in [6.45, 7) is 5.20. The Kier molecular flexibility index (Phi) is 5.16. The second kappa shape index (κ2) is 7.19. The number of benzene rings is 1. The third kappa shape index (κ3) is 4.05. The molecular weight excluding hydrogens is 360 g/mol. The highest BCUT2D eigenvalue weighted by Gasteiger charge is 2.31. The molecule has 2 unspecified atom stereocenters. The van der Waals surface area contributed by atoms with Gasteiger partial charge in [-0.1, -0.05) is 25.2 Å². The molecule has 1 aliphatic rings. The molecule has 134 valence electrons. The van der Waals surface area contributed by atoms with E-state index >= 15 is 0 Å². The van der Waals surface area contributed by atoms with Crippen LogP contribution in [0.2, 0.25) is 0 Å². The van der Waals surface area contributed by atoms with Crippen molar-refractivity contribution in [3.8, 4) is 0 Å². The van der Waals surface area contributed by atoms with Gasteiger partial charge in [0.15, 0.2) is 0 Å². The van der Waals surface area contributed by atoms with Crippen molar-refractivity contribution in [1.29, 1.82) is 0 Å². The number of nitrogens with zero attached hydrogens (tertiary/aromatic N) is 3. The lowest BCUT2D eigenvalue weighted by atomic mass is 9.94. The summed E-state index contributed by atoms with van der Waals surface area (Å²) in [7, 11) is -3.54. The molecule has 2 heterocycles. The molecule has 0 spiro atoms. The third-order valence-electron chi connectivity index (χ3n) is 4.17. The largest absolute Gasteiger partial charge is 0.296 e. The Labute approximate surface area is 151 Å². The first-order valence-electron chi connectivity index (χ1n) is 8.04. The second-order valence-corrected chi connectivity index (χ2v) is 9.26. The zero-order valence-corrected chi connectivity index (χ0v) is 15.7. The molecule has 1 amide bonds. The number of anilines is 1. The van der Waals surface area contributed by atoms with Crippen LogP contribution < -0.4 is 5.32 Å². The summed E-state index contributed by atoms with van der Waals surface area (Å²) in [6, 6.07) is 5.99. The van der Waals surface area contributed by atoms with Crippen LogP contribution in [0.15, 0.2) is 34.7 Å². The minimum Gasteiger partial charge on any atom is -0.296 e. The molecule has 1 aromatic heterocycles. The van der Waals surface area contributed by atoms with Gasteiger partial charge < -0.3 is 0 Å². The zero-order valence-electron chi connectivity index (χ0n) is 14.0. The van der Waals surface area contributed by atoms with Crippen molar-refractivity contribution in [2.75, 3.05) is 18.4 Å². The Balaban J connectivity index is 1.76. The second-order valence-electron chi connectivity index (χ2n) is 6.49. The van der Waals surface area contributed by atoms with E-state index < -0.39 is 10.0 Å². The highest BCUT2D eigenvalue weighted by Crippen LogP contribution is 2.26. The lowest BCUT2D eigenvalue weighted by Crippen LogP contribution is -2.42. The van der Waals surface area contributed by atoms with Gasteiger partial charge in [0.2, 0.25) is 15.2 Å². The van der Waals surface area contributed by atoms with Crippen LogP contribution in [-0.4, -0.2) is 41.9 Å². The van der Waals surface area contributed by atoms with Gasteiger partial charge in [0, 0.05) is 18.7 Å². The van der Waals surface area contributed by atoms with Crippen molar-refractivity contribution >= 4 is 32.4 Å². The number of aromatic nitrogens is 2. The molecular formula is C16H20N4O3S2. The van der Waals surface area contributed by atoms with E-state index in [1.165, 1.54) is 41.1 Å². The Morgan fingerprint density at radius 3 is 2.40 bits per heavy atom. The first-order valence-corrected chi connectivity index (χ1v) is 10.4. The van der Waals surface area contributed by atoms with Crippen LogP contribution in [0, 0.1) is 11.8 Å². The maximum Gasteiger partial charge on any atom is 0.257 e. The van der Waals surface area contributed by atoms with E-state index in [4.69, 9.17) is 0 Å². The molecule has 7 nitrogen and oxygen atoms in total. The summed E-state index contributed by atoms with van der Waals surface area (Å²) in [5, 5.41) is 10.4. The quantitative estimate of drug-likeness (QED) is 0.880. The average molecular weight is 380 g/mol. The molecule has 1 aliphatic heterocycles. The molecule has 2 atom stereocenters. The topological polar surface area (TPSA) is 92.3 Å². The molecule has 1 aromatic carbocycles. The summed E-state index contributed by atoms with van der Waals surface area (Å²) in [6.07, 6.45) is 1.04. The van der Waals surface area contributed by atoms with Gasteiger partial charge in [0.25, 0.3) is 5.91 Å². The number of hydrogen-bond acceptors (Lipinski definition) is 6. The van der Waals surface area contributed by atoms with Gasteiger partial charge in [0.1, 0.15) is 5.51 Å². The summed E-state index contributed by atoms with van der Waals surface area (Å²) in [5.41, 5.74) is 1.89. The van der Waals surface area contributed by atoms with Crippen LogP contribution in [0.4, 0.5) is 5.13 Å². The molecule has 1 saturated heterocycles. The van der Waals surface area contributed by atoms with Gasteiger partial charge in [-0.25, -0.2) is 8.42 Å². The summed E-state index contributed by atoms with van der Waals surface area (Å²) in [5.74, 6) is 0.340. The summed E-state index contributed by atoms with van der Waals surface area (Å²) in [4.78, 5) is 12.3. The van der Waals surface area contributed by atoms with E-state index in [2.05, 4.69) is 29.4 Å². The summed E-state index contributed by atoms with van der Waals surface area (Å²) >= 11 is 1.22. The van der Waals surface area contributed by atoms with Crippen molar-refractivity contribution in [1.82, 2.24) is 14.5 Å². The van der Waals surface area contributed by atoms with E-state index in [1.807, 2.05) is 0 Å². The van der Waals surface area contributed by atoms with Crippen molar-refractivity contribution < 1.29 is 13.2 Å². The number of hydrogen-bond donors (Lipinski definition) is 1. The number of carbonyl (C=O) groups excluding carboxylic acids is 1. The van der Waals surface area contributed by atoms with E-state index in [0.29, 0.717) is 35.6 Å². The van der Waals surface area contributed by atoms with Crippen molar-refractivity contribution in [2.45, 2.75) is 25.2 Å². The van der Waals surface area contributed by atoms with Gasteiger partial charge in [-0.15, -0.1) is 10.2 Å². The van der Waals surface area contributed by atoms with Crippen LogP contribution in [-0.2, 0) is 10.0 Å². The molecule has 0 aliphatic carbocycles. The van der Waals surface area contributed by atoms with Crippen molar-refractivity contribution in [3.05, 3.63) is 35.3 Å². The van der Waals surface area contributed by atoms with E-state index in [-0.39, 0.29) is 10.8 Å². The predicted molar refractivity (Wildman–Crippen MR) is 96.0 cm³/mol. The average Bonchev–Trinajstić information content (AvgIpc) is 3.07. The van der Waals surface area contributed by atoms with Crippen molar-refractivity contribution in [2.24, 2.45) is 11.8 Å². The number of rotatable bonds is 4. The minimum absolute atomic E-state index is 0.210. The molecule has 3 rings (SSSR count). The highest BCUT2D eigenvalue weighted by atomic mass is 32.2. The number of nitrogens with one attached hydrogen (secondary N) is 1. The van der Waals surface area contributed by atoms with Crippen LogP contribution in [0.3, 0.4) is 0 Å². The Morgan fingerprint density at radius 2 is 1.84 bits per heavy atom. The first-order chi connectivity index (χ1) is 11.9. The fraction of sp³-hybridized carbons (Fsp3) is 0.438. The lowest BCUT2D eigenvalue weighted by Gasteiger charge is -2.34. The van der Waals surface area contributed by atoms with Gasteiger partial charge in [-0.05, 0) is 42.5 Å². The van der Waals surface area contributed by atoms with E-state index in [1.54, 1.807) is 4.31 Å². The summed E-state index contributed by atoms with van der Waals surface area (Å²) < 4.78 is 27.2. The molecule has 0 saturated carbocycles. The maximum absolute atomic E-state index is 12.8. The van der Waals surface area contributed by atoms with Crippen molar-refractivity contribution in [3.63, 3.8) is 0 Å². The molecule has 1 N–H and O–H groups in total. The standard InChI is InChI=1S/C16H20N4O3S2/c1-11-7-12(2)9-20(8-11)25(22,23)14-5-3-13(4-6-14)15(21)18-16-19-17-10-24-16/h3-6,10-12H,7-9H2,1-2H3,(H,18,19,21). The Bertz CT molecular complexity index is 825. The third-order valence-corrected chi connectivity index (χ3v) is 6.62. The Hall–Kier alpha value is -1.84. The fourth-order valence-electron chi connectivity index (χ4n) is 3.13. The number of carbonyl (C=O) groups is 1. The number of piperidine rings is 1. The number of sulfonamides is 1. The SMILES string of the molecule is CC1CC(C)CN(S(=O)(=O)c2ccc(C(=O)Nc3nncs3)cc2)C1. The smallest absolute Gasteiger partial charge is 0.257 e. The monoisotopic (exact) mass is 380 g/mol. The predicted octanol–water partition coefficient (Wildman–Crippen LogP) is 2.46. The maximum atomic E-state index is 12.8. The van der Waals surface area contributed by atoms with Gasteiger partial charge in [0.05, 0.1) is 4.90 Å². The molecule has 9 heteroatoms. The number of amides is 1. The van der Waals surface area contributed by atoms with E-state index in [0.717, 1.165) is 6.42 Å². The van der Waals surface area contributed by atoms with Gasteiger partial charge >= 0.3 is 0 Å². The van der Waals surface area contributed by atoms with Crippen LogP contribution in [0.5, 0.6) is 0 Å². The normalized spacial score (nSPS) is 21.8. The van der Waals surface area contributed by atoms with Crippen LogP contribution in [0.1, 0.15) is 30.6 Å². The first kappa shape index (κ1) is 18.0. The van der Waals surface area contributed by atoms with Crippen LogP contribution in [0.25, 0.3) is 0 Å². The van der Waals surface area contributed by atoms with Gasteiger partial charge in [-0.2, -0.15) is 4.31 Å². The van der Waals surface area contributed by atoms with E-state index in [9.17, 15) is 13.2 Å². The van der Waals surface area contributed by atoms with Crippen LogP contribution >= 0.6 is 11.3 Å².